The number of anilines is 1. The fourth-order valence-electron chi connectivity index (χ4n) is 2.98. The van der Waals surface area contributed by atoms with Gasteiger partial charge in [-0.2, -0.15) is 0 Å². The van der Waals surface area contributed by atoms with Gasteiger partial charge in [-0.15, -0.1) is 11.3 Å². The second kappa shape index (κ2) is 8.24. The maximum atomic E-state index is 13.2. The lowest BCUT2D eigenvalue weighted by Gasteiger charge is -2.05. The minimum atomic E-state index is -0.400. The van der Waals surface area contributed by atoms with Crippen LogP contribution in [0.1, 0.15) is 5.56 Å². The first kappa shape index (κ1) is 18.8. The van der Waals surface area contributed by atoms with E-state index >= 15 is 0 Å². The molecule has 0 fully saturated rings. The van der Waals surface area contributed by atoms with Crippen molar-refractivity contribution < 1.29 is 14.0 Å². The van der Waals surface area contributed by atoms with E-state index in [1.165, 1.54) is 23.5 Å². The van der Waals surface area contributed by atoms with Gasteiger partial charge in [0, 0.05) is 28.0 Å². The van der Waals surface area contributed by atoms with Gasteiger partial charge in [-0.05, 0) is 23.8 Å². The molecular weight excluding hydrogens is 391 g/mol. The van der Waals surface area contributed by atoms with Crippen LogP contribution in [0.2, 0.25) is 0 Å². The SMILES string of the molecule is O=C(Cc1cccc(F)c1)NCC(=O)Nc1nc(-c2c[nH]c3ccccc23)cs1. The molecule has 2 amide bonds. The monoisotopic (exact) mass is 408 g/mol. The molecule has 29 heavy (non-hydrogen) atoms. The smallest absolute Gasteiger partial charge is 0.245 e. The zero-order valence-corrected chi connectivity index (χ0v) is 16.1. The molecule has 0 spiro atoms. The van der Waals surface area contributed by atoms with Crippen LogP contribution in [0.15, 0.2) is 60.1 Å². The third-order valence-corrected chi connectivity index (χ3v) is 5.07. The average molecular weight is 408 g/mol. The number of fused-ring (bicyclic) bond motifs is 1. The number of hydrogen-bond donors (Lipinski definition) is 3. The van der Waals surface area contributed by atoms with E-state index in [1.54, 1.807) is 12.1 Å². The Morgan fingerprint density at radius 1 is 1.10 bits per heavy atom. The number of amides is 2. The van der Waals surface area contributed by atoms with Crippen LogP contribution in [-0.2, 0) is 16.0 Å². The molecule has 0 atom stereocenters. The van der Waals surface area contributed by atoms with Crippen molar-refractivity contribution in [2.75, 3.05) is 11.9 Å². The largest absolute Gasteiger partial charge is 0.360 e. The number of H-pyrrole nitrogens is 1. The number of hydrogen-bond acceptors (Lipinski definition) is 4. The molecule has 2 heterocycles. The molecule has 0 saturated heterocycles. The van der Waals surface area contributed by atoms with Crippen molar-refractivity contribution in [1.82, 2.24) is 15.3 Å². The lowest BCUT2D eigenvalue weighted by atomic mass is 10.1. The van der Waals surface area contributed by atoms with Crippen LogP contribution < -0.4 is 10.6 Å². The summed E-state index contributed by atoms with van der Waals surface area (Å²) < 4.78 is 13.2. The van der Waals surface area contributed by atoms with Crippen LogP contribution in [0.5, 0.6) is 0 Å². The van der Waals surface area contributed by atoms with Gasteiger partial charge in [0.05, 0.1) is 18.7 Å². The van der Waals surface area contributed by atoms with Crippen molar-refractivity contribution in [1.29, 1.82) is 0 Å². The molecule has 0 aliphatic rings. The van der Waals surface area contributed by atoms with Gasteiger partial charge in [-0.25, -0.2) is 9.37 Å². The molecule has 0 aliphatic heterocycles. The summed E-state index contributed by atoms with van der Waals surface area (Å²) in [5.41, 5.74) is 3.28. The Labute approximate surface area is 169 Å². The van der Waals surface area contributed by atoms with Gasteiger partial charge < -0.3 is 15.6 Å². The number of thiazole rings is 1. The second-order valence-corrected chi connectivity index (χ2v) is 7.28. The maximum Gasteiger partial charge on any atom is 0.245 e. The highest BCUT2D eigenvalue weighted by atomic mass is 32.1. The molecule has 0 aliphatic carbocycles. The molecule has 4 aromatic rings. The summed E-state index contributed by atoms with van der Waals surface area (Å²) in [6.45, 7) is -0.184. The molecule has 6 nitrogen and oxygen atoms in total. The summed E-state index contributed by atoms with van der Waals surface area (Å²) in [5, 5.41) is 8.59. The van der Waals surface area contributed by atoms with E-state index in [0.717, 1.165) is 22.2 Å². The number of carbonyl (C=O) groups excluding carboxylic acids is 2. The standard InChI is InChI=1S/C21H17FN4O2S/c22-14-5-3-4-13(8-14)9-19(27)24-11-20(28)26-21-25-18(12-29-21)16-10-23-17-7-2-1-6-15(16)17/h1-8,10,12,23H,9,11H2,(H,24,27)(H,25,26,28). The zero-order valence-electron chi connectivity index (χ0n) is 15.2. The van der Waals surface area contributed by atoms with Gasteiger partial charge in [-0.3, -0.25) is 9.59 Å². The summed E-state index contributed by atoms with van der Waals surface area (Å²) in [6, 6.07) is 13.7. The molecule has 3 N–H and O–H groups in total. The number of carbonyl (C=O) groups is 2. The molecule has 0 unspecified atom stereocenters. The Kier molecular flexibility index (Phi) is 5.35. The first-order chi connectivity index (χ1) is 14.1. The van der Waals surface area contributed by atoms with E-state index < -0.39 is 5.82 Å². The Hall–Kier alpha value is -3.52. The Balaban J connectivity index is 1.33. The van der Waals surface area contributed by atoms with Crippen LogP contribution in [0.4, 0.5) is 9.52 Å². The number of rotatable bonds is 6. The first-order valence-electron chi connectivity index (χ1n) is 8.91. The van der Waals surface area contributed by atoms with E-state index in [0.29, 0.717) is 10.7 Å². The van der Waals surface area contributed by atoms with Gasteiger partial charge in [0.1, 0.15) is 5.82 Å². The van der Waals surface area contributed by atoms with Crippen molar-refractivity contribution in [3.8, 4) is 11.3 Å². The van der Waals surface area contributed by atoms with E-state index in [1.807, 2.05) is 35.8 Å². The normalized spacial score (nSPS) is 10.8. The molecule has 0 bridgehead atoms. The summed E-state index contributed by atoms with van der Waals surface area (Å²) >= 11 is 1.31. The molecule has 2 aromatic carbocycles. The number of benzene rings is 2. The number of nitrogens with zero attached hydrogens (tertiary/aromatic N) is 1. The van der Waals surface area contributed by atoms with E-state index in [9.17, 15) is 14.0 Å². The topological polar surface area (TPSA) is 86.9 Å². The van der Waals surface area contributed by atoms with Crippen molar-refractivity contribution in [2.45, 2.75) is 6.42 Å². The van der Waals surface area contributed by atoms with Gasteiger partial charge in [0.25, 0.3) is 0 Å². The number of aromatic amines is 1. The van der Waals surface area contributed by atoms with Crippen molar-refractivity contribution >= 4 is 39.2 Å². The summed E-state index contributed by atoms with van der Waals surface area (Å²) in [7, 11) is 0. The van der Waals surface area contributed by atoms with Crippen LogP contribution in [0.25, 0.3) is 22.2 Å². The molecular formula is C21H17FN4O2S. The molecule has 0 radical (unpaired) electrons. The molecule has 8 heteroatoms. The first-order valence-corrected chi connectivity index (χ1v) is 9.79. The summed E-state index contributed by atoms with van der Waals surface area (Å²) in [4.78, 5) is 31.7. The number of para-hydroxylation sites is 1. The van der Waals surface area contributed by atoms with Crippen LogP contribution >= 0.6 is 11.3 Å². The number of aromatic nitrogens is 2. The highest BCUT2D eigenvalue weighted by molar-refractivity contribution is 7.14. The molecule has 146 valence electrons. The zero-order chi connectivity index (χ0) is 20.2. The van der Waals surface area contributed by atoms with Crippen LogP contribution in [0, 0.1) is 5.82 Å². The third-order valence-electron chi connectivity index (χ3n) is 4.32. The van der Waals surface area contributed by atoms with E-state index in [-0.39, 0.29) is 24.8 Å². The van der Waals surface area contributed by atoms with Gasteiger partial charge >= 0.3 is 0 Å². The quantitative estimate of drug-likeness (QED) is 0.454. The second-order valence-electron chi connectivity index (χ2n) is 6.42. The molecule has 2 aromatic heterocycles. The third kappa shape index (κ3) is 4.49. The Bertz CT molecular complexity index is 1180. The van der Waals surface area contributed by atoms with Gasteiger partial charge in [0.15, 0.2) is 5.13 Å². The van der Waals surface area contributed by atoms with Crippen LogP contribution in [-0.4, -0.2) is 28.3 Å². The van der Waals surface area contributed by atoms with Crippen molar-refractivity contribution in [2.24, 2.45) is 0 Å². The van der Waals surface area contributed by atoms with Gasteiger partial charge in [0.2, 0.25) is 11.8 Å². The minimum absolute atomic E-state index is 0.00695. The minimum Gasteiger partial charge on any atom is -0.360 e. The Morgan fingerprint density at radius 2 is 1.97 bits per heavy atom. The van der Waals surface area contributed by atoms with Gasteiger partial charge in [-0.1, -0.05) is 30.3 Å². The fourth-order valence-corrected chi connectivity index (χ4v) is 3.70. The van der Waals surface area contributed by atoms with Crippen molar-refractivity contribution in [3.63, 3.8) is 0 Å². The Morgan fingerprint density at radius 3 is 2.83 bits per heavy atom. The predicted octanol–water partition coefficient (Wildman–Crippen LogP) is 3.73. The highest BCUT2D eigenvalue weighted by Crippen LogP contribution is 2.30. The number of halogens is 1. The lowest BCUT2D eigenvalue weighted by molar-refractivity contribution is -0.123. The maximum absolute atomic E-state index is 13.2. The summed E-state index contributed by atoms with van der Waals surface area (Å²) in [5.74, 6) is -1.13. The highest BCUT2D eigenvalue weighted by Gasteiger charge is 2.12. The van der Waals surface area contributed by atoms with E-state index in [4.69, 9.17) is 0 Å². The fraction of sp³-hybridized carbons (Fsp3) is 0.0952. The summed E-state index contributed by atoms with van der Waals surface area (Å²) in [6.07, 6.45) is 1.89. The van der Waals surface area contributed by atoms with Crippen molar-refractivity contribution in [3.05, 3.63) is 71.5 Å². The predicted molar refractivity (Wildman–Crippen MR) is 111 cm³/mol. The van der Waals surface area contributed by atoms with E-state index in [2.05, 4.69) is 20.6 Å². The average Bonchev–Trinajstić information content (AvgIpc) is 3.33. The lowest BCUT2D eigenvalue weighted by Crippen LogP contribution is -2.33. The molecule has 0 saturated carbocycles. The molecule has 4 rings (SSSR count). The van der Waals surface area contributed by atoms with Crippen LogP contribution in [0.3, 0.4) is 0 Å². The number of nitrogens with one attached hydrogen (secondary N) is 3.